The summed E-state index contributed by atoms with van der Waals surface area (Å²) in [4.78, 5) is 13.0. The van der Waals surface area contributed by atoms with Crippen LogP contribution >= 0.6 is 45.5 Å². The highest BCUT2D eigenvalue weighted by Crippen LogP contribution is 2.27. The van der Waals surface area contributed by atoms with Crippen molar-refractivity contribution in [2.45, 2.75) is 5.92 Å². The van der Waals surface area contributed by atoms with Gasteiger partial charge in [-0.1, -0.05) is 23.7 Å². The standard InChI is InChI=1S/C13H7ClINOS/c14-10-6-8(3-4-11(10)15)13(17)9(7-16)12-2-1-5-18-12/h1-6,9H. The molecule has 0 aliphatic carbocycles. The molecule has 0 radical (unpaired) electrons. The number of nitrogens with zero attached hydrogens (tertiary/aromatic N) is 1. The van der Waals surface area contributed by atoms with Gasteiger partial charge in [-0.25, -0.2) is 0 Å². The maximum atomic E-state index is 12.3. The maximum absolute atomic E-state index is 12.3. The molecule has 2 rings (SSSR count). The first-order chi connectivity index (χ1) is 8.63. The van der Waals surface area contributed by atoms with E-state index >= 15 is 0 Å². The first kappa shape index (κ1) is 13.5. The lowest BCUT2D eigenvalue weighted by molar-refractivity contribution is 0.0980. The van der Waals surface area contributed by atoms with Crippen molar-refractivity contribution in [3.63, 3.8) is 0 Å². The molecule has 2 nitrogen and oxygen atoms in total. The minimum atomic E-state index is -0.749. The largest absolute Gasteiger partial charge is 0.292 e. The molecule has 0 amide bonds. The van der Waals surface area contributed by atoms with Crippen LogP contribution in [0.3, 0.4) is 0 Å². The van der Waals surface area contributed by atoms with E-state index in [-0.39, 0.29) is 5.78 Å². The van der Waals surface area contributed by atoms with Crippen LogP contribution in [0, 0.1) is 14.9 Å². The lowest BCUT2D eigenvalue weighted by Gasteiger charge is -2.07. The summed E-state index contributed by atoms with van der Waals surface area (Å²) in [7, 11) is 0. The molecule has 0 spiro atoms. The topological polar surface area (TPSA) is 40.9 Å². The Kier molecular flexibility index (Phi) is 4.38. The van der Waals surface area contributed by atoms with E-state index in [1.807, 2.05) is 11.4 Å². The van der Waals surface area contributed by atoms with Gasteiger partial charge in [-0.15, -0.1) is 11.3 Å². The van der Waals surface area contributed by atoms with Gasteiger partial charge in [0.15, 0.2) is 5.78 Å². The number of hydrogen-bond acceptors (Lipinski definition) is 3. The molecule has 1 atom stereocenters. The summed E-state index contributed by atoms with van der Waals surface area (Å²) in [5.41, 5.74) is 0.473. The fourth-order valence-corrected chi connectivity index (χ4v) is 2.81. The summed E-state index contributed by atoms with van der Waals surface area (Å²) in [5.74, 6) is -0.959. The van der Waals surface area contributed by atoms with Crippen molar-refractivity contribution in [2.75, 3.05) is 0 Å². The minimum Gasteiger partial charge on any atom is -0.292 e. The summed E-state index contributed by atoms with van der Waals surface area (Å²) in [6, 6.07) is 10.8. The summed E-state index contributed by atoms with van der Waals surface area (Å²) in [6.45, 7) is 0. The summed E-state index contributed by atoms with van der Waals surface area (Å²) in [5, 5.41) is 11.5. The molecule has 2 aromatic rings. The molecule has 0 bridgehead atoms. The zero-order valence-corrected chi connectivity index (χ0v) is 12.8. The Hall–Kier alpha value is -0.900. The van der Waals surface area contributed by atoms with Crippen molar-refractivity contribution in [1.82, 2.24) is 0 Å². The van der Waals surface area contributed by atoms with Crippen molar-refractivity contribution < 1.29 is 4.79 Å². The average molecular weight is 388 g/mol. The zero-order valence-electron chi connectivity index (χ0n) is 9.06. The second kappa shape index (κ2) is 5.83. The lowest BCUT2D eigenvalue weighted by atomic mass is 9.97. The van der Waals surface area contributed by atoms with Crippen LogP contribution in [0.4, 0.5) is 0 Å². The summed E-state index contributed by atoms with van der Waals surface area (Å²) < 4.78 is 0.885. The first-order valence-electron chi connectivity index (χ1n) is 5.05. The molecular weight excluding hydrogens is 381 g/mol. The summed E-state index contributed by atoms with van der Waals surface area (Å²) in [6.07, 6.45) is 0. The lowest BCUT2D eigenvalue weighted by Crippen LogP contribution is -2.10. The summed E-state index contributed by atoms with van der Waals surface area (Å²) >= 11 is 9.49. The molecule has 0 saturated heterocycles. The van der Waals surface area contributed by atoms with E-state index in [2.05, 4.69) is 28.7 Å². The molecule has 0 aliphatic rings. The van der Waals surface area contributed by atoms with E-state index in [1.54, 1.807) is 24.3 Å². The van der Waals surface area contributed by atoms with Gasteiger partial charge >= 0.3 is 0 Å². The fourth-order valence-electron chi connectivity index (χ4n) is 1.52. The number of hydrogen-bond donors (Lipinski definition) is 0. The first-order valence-corrected chi connectivity index (χ1v) is 7.39. The Morgan fingerprint density at radius 2 is 2.22 bits per heavy atom. The van der Waals surface area contributed by atoms with Gasteiger partial charge in [0.1, 0.15) is 5.92 Å². The van der Waals surface area contributed by atoms with E-state index in [0.29, 0.717) is 10.6 Å². The van der Waals surface area contributed by atoms with Crippen LogP contribution in [0.5, 0.6) is 0 Å². The highest BCUT2D eigenvalue weighted by atomic mass is 127. The number of nitriles is 1. The average Bonchev–Trinajstić information content (AvgIpc) is 2.87. The third kappa shape index (κ3) is 2.74. The molecule has 1 aromatic heterocycles. The van der Waals surface area contributed by atoms with Crippen LogP contribution in [-0.4, -0.2) is 5.78 Å². The Bertz CT molecular complexity index is 618. The number of Topliss-reactive ketones (excluding diaryl/α,β-unsaturated/α-hetero) is 1. The second-order valence-corrected chi connectivity index (χ2v) is 6.12. The van der Waals surface area contributed by atoms with Gasteiger partial charge in [0.25, 0.3) is 0 Å². The number of benzene rings is 1. The number of rotatable bonds is 3. The molecule has 90 valence electrons. The number of carbonyl (C=O) groups excluding carboxylic acids is 1. The Morgan fingerprint density at radius 1 is 1.44 bits per heavy atom. The molecular formula is C13H7ClINOS. The molecule has 0 fully saturated rings. The van der Waals surface area contributed by atoms with Crippen molar-refractivity contribution in [2.24, 2.45) is 0 Å². The van der Waals surface area contributed by atoms with Crippen molar-refractivity contribution in [3.05, 3.63) is 54.7 Å². The van der Waals surface area contributed by atoms with Gasteiger partial charge in [0, 0.05) is 14.0 Å². The third-order valence-electron chi connectivity index (χ3n) is 2.42. The van der Waals surface area contributed by atoms with E-state index < -0.39 is 5.92 Å². The van der Waals surface area contributed by atoms with Gasteiger partial charge < -0.3 is 0 Å². The van der Waals surface area contributed by atoms with Gasteiger partial charge in [-0.05, 0) is 46.2 Å². The second-order valence-electron chi connectivity index (χ2n) is 3.57. The van der Waals surface area contributed by atoms with Gasteiger partial charge in [0.2, 0.25) is 0 Å². The van der Waals surface area contributed by atoms with Crippen molar-refractivity contribution >= 4 is 51.3 Å². The number of thiophene rings is 1. The predicted octanol–water partition coefficient (Wildman–Crippen LogP) is 4.50. The van der Waals surface area contributed by atoms with Crippen LogP contribution in [0.15, 0.2) is 35.7 Å². The van der Waals surface area contributed by atoms with E-state index in [1.165, 1.54) is 11.3 Å². The molecule has 0 saturated carbocycles. The zero-order chi connectivity index (χ0) is 13.1. The van der Waals surface area contributed by atoms with Gasteiger partial charge in [-0.2, -0.15) is 5.26 Å². The smallest absolute Gasteiger partial charge is 0.185 e. The van der Waals surface area contributed by atoms with Crippen LogP contribution in [0.25, 0.3) is 0 Å². The minimum absolute atomic E-state index is 0.210. The molecule has 5 heteroatoms. The highest BCUT2D eigenvalue weighted by molar-refractivity contribution is 14.1. The van der Waals surface area contributed by atoms with Gasteiger partial charge in [0.05, 0.1) is 11.1 Å². The molecule has 18 heavy (non-hydrogen) atoms. The molecule has 1 heterocycles. The monoisotopic (exact) mass is 387 g/mol. The van der Waals surface area contributed by atoms with E-state index in [0.717, 1.165) is 8.45 Å². The van der Waals surface area contributed by atoms with Crippen LogP contribution in [0.1, 0.15) is 21.2 Å². The van der Waals surface area contributed by atoms with Crippen LogP contribution in [0.2, 0.25) is 5.02 Å². The fraction of sp³-hybridized carbons (Fsp3) is 0.0769. The molecule has 0 N–H and O–H groups in total. The van der Waals surface area contributed by atoms with E-state index in [9.17, 15) is 4.79 Å². The van der Waals surface area contributed by atoms with Gasteiger partial charge in [-0.3, -0.25) is 4.79 Å². The van der Waals surface area contributed by atoms with Crippen molar-refractivity contribution in [1.29, 1.82) is 5.26 Å². The SMILES string of the molecule is N#CC(C(=O)c1ccc(I)c(Cl)c1)c1cccs1. The quantitative estimate of drug-likeness (QED) is 0.575. The maximum Gasteiger partial charge on any atom is 0.185 e. The normalized spacial score (nSPS) is 11.8. The van der Waals surface area contributed by atoms with E-state index in [4.69, 9.17) is 16.9 Å². The number of ketones is 1. The Labute approximate surface area is 127 Å². The predicted molar refractivity (Wildman–Crippen MR) is 81.2 cm³/mol. The number of carbonyl (C=O) groups is 1. The number of halogens is 2. The molecule has 1 unspecified atom stereocenters. The Balaban J connectivity index is 2.36. The van der Waals surface area contributed by atoms with Crippen LogP contribution in [-0.2, 0) is 0 Å². The molecule has 0 aliphatic heterocycles. The highest BCUT2D eigenvalue weighted by Gasteiger charge is 2.23. The van der Waals surface area contributed by atoms with Crippen LogP contribution < -0.4 is 0 Å². The molecule has 1 aromatic carbocycles. The van der Waals surface area contributed by atoms with Crippen molar-refractivity contribution in [3.8, 4) is 6.07 Å². The third-order valence-corrected chi connectivity index (χ3v) is 4.93. The Morgan fingerprint density at radius 3 is 2.78 bits per heavy atom.